The van der Waals surface area contributed by atoms with Gasteiger partial charge in [-0.3, -0.25) is 0 Å². The van der Waals surface area contributed by atoms with E-state index in [0.29, 0.717) is 43.3 Å². The van der Waals surface area contributed by atoms with Crippen LogP contribution in [0.5, 0.6) is 11.6 Å². The summed E-state index contributed by atoms with van der Waals surface area (Å²) in [7, 11) is -3.58. The third kappa shape index (κ3) is 3.97. The van der Waals surface area contributed by atoms with E-state index in [0.717, 1.165) is 16.0 Å². The Morgan fingerprint density at radius 1 is 1.00 bits per heavy atom. The lowest BCUT2D eigenvalue weighted by atomic mass is 10.1. The molecular weight excluding hydrogens is 453 g/mol. The zero-order valence-electron chi connectivity index (χ0n) is 16.8. The van der Waals surface area contributed by atoms with Crippen LogP contribution in [0.15, 0.2) is 65.1 Å². The van der Waals surface area contributed by atoms with Gasteiger partial charge < -0.3 is 9.47 Å². The quantitative estimate of drug-likeness (QED) is 0.431. The van der Waals surface area contributed by atoms with Crippen molar-refractivity contribution in [3.63, 3.8) is 0 Å². The first-order valence-electron chi connectivity index (χ1n) is 9.86. The normalized spacial score (nSPS) is 15.2. The monoisotopic (exact) mass is 471 g/mol. The second-order valence-corrected chi connectivity index (χ2v) is 9.90. The average molecular weight is 472 g/mol. The van der Waals surface area contributed by atoms with Crippen molar-refractivity contribution in [1.82, 2.24) is 14.3 Å². The van der Waals surface area contributed by atoms with E-state index in [-0.39, 0.29) is 10.7 Å². The molecular formula is C22H18FN3O4S2. The molecule has 0 amide bonds. The first-order chi connectivity index (χ1) is 15.5. The van der Waals surface area contributed by atoms with Gasteiger partial charge in [0.15, 0.2) is 0 Å². The van der Waals surface area contributed by atoms with Gasteiger partial charge in [0, 0.05) is 24.0 Å². The van der Waals surface area contributed by atoms with Gasteiger partial charge >= 0.3 is 0 Å². The number of halogens is 1. The number of fused-ring (bicyclic) bond motifs is 1. The molecule has 1 fully saturated rings. The number of sulfonamides is 1. The Kier molecular flexibility index (Phi) is 5.60. The largest absolute Gasteiger partial charge is 0.438 e. The van der Waals surface area contributed by atoms with Crippen LogP contribution in [0.3, 0.4) is 0 Å². The Morgan fingerprint density at radius 3 is 2.44 bits per heavy atom. The molecule has 0 saturated carbocycles. The highest BCUT2D eigenvalue weighted by Crippen LogP contribution is 2.39. The molecule has 0 aliphatic carbocycles. The Bertz CT molecular complexity index is 1350. The molecule has 5 rings (SSSR count). The van der Waals surface area contributed by atoms with Crippen LogP contribution in [0.1, 0.15) is 0 Å². The SMILES string of the molecule is O=S(=O)(c1ccc(Oc2ncnc3scc(-c4ccc(F)cc4)c23)cc1)N1CCOCC1. The van der Waals surface area contributed by atoms with Crippen LogP contribution in [-0.4, -0.2) is 49.0 Å². The minimum absolute atomic E-state index is 0.196. The number of thiophene rings is 1. The molecule has 1 aliphatic heterocycles. The van der Waals surface area contributed by atoms with Crippen molar-refractivity contribution in [2.24, 2.45) is 0 Å². The molecule has 7 nitrogen and oxygen atoms in total. The molecule has 3 heterocycles. The van der Waals surface area contributed by atoms with Gasteiger partial charge in [-0.25, -0.2) is 22.8 Å². The number of ether oxygens (including phenoxy) is 2. The van der Waals surface area contributed by atoms with Crippen molar-refractivity contribution >= 4 is 31.6 Å². The van der Waals surface area contributed by atoms with E-state index in [9.17, 15) is 12.8 Å². The van der Waals surface area contributed by atoms with Crippen LogP contribution in [0, 0.1) is 5.82 Å². The second kappa shape index (κ2) is 8.55. The van der Waals surface area contributed by atoms with Crippen LogP contribution in [-0.2, 0) is 14.8 Å². The molecule has 0 spiro atoms. The number of aromatic nitrogens is 2. The molecule has 0 unspecified atom stereocenters. The second-order valence-electron chi connectivity index (χ2n) is 7.11. The van der Waals surface area contributed by atoms with Crippen molar-refractivity contribution in [3.05, 3.63) is 66.1 Å². The summed E-state index contributed by atoms with van der Waals surface area (Å²) >= 11 is 1.44. The topological polar surface area (TPSA) is 81.6 Å². The Labute approximate surface area is 188 Å². The maximum absolute atomic E-state index is 13.3. The lowest BCUT2D eigenvalue weighted by Gasteiger charge is -2.26. The van der Waals surface area contributed by atoms with Crippen LogP contribution in [0.25, 0.3) is 21.3 Å². The summed E-state index contributed by atoms with van der Waals surface area (Å²) in [5, 5.41) is 2.64. The van der Waals surface area contributed by atoms with Crippen molar-refractivity contribution in [1.29, 1.82) is 0 Å². The number of hydrogen-bond acceptors (Lipinski definition) is 7. The molecule has 2 aromatic heterocycles. The molecule has 164 valence electrons. The number of nitrogens with zero attached hydrogens (tertiary/aromatic N) is 3. The lowest BCUT2D eigenvalue weighted by Crippen LogP contribution is -2.40. The van der Waals surface area contributed by atoms with E-state index in [1.165, 1.54) is 46.2 Å². The molecule has 1 aliphatic rings. The average Bonchev–Trinajstić information content (AvgIpc) is 3.26. The number of hydrogen-bond donors (Lipinski definition) is 0. The number of benzene rings is 2. The van der Waals surface area contributed by atoms with Crippen molar-refractivity contribution in [2.45, 2.75) is 4.90 Å². The third-order valence-electron chi connectivity index (χ3n) is 5.14. The van der Waals surface area contributed by atoms with Gasteiger partial charge in [-0.2, -0.15) is 4.31 Å². The molecule has 4 aromatic rings. The fraction of sp³-hybridized carbons (Fsp3) is 0.182. The fourth-order valence-electron chi connectivity index (χ4n) is 3.49. The molecule has 10 heteroatoms. The molecule has 2 aromatic carbocycles. The minimum atomic E-state index is -3.58. The summed E-state index contributed by atoms with van der Waals surface area (Å²) in [5.74, 6) is 0.481. The van der Waals surface area contributed by atoms with Gasteiger partial charge in [-0.15, -0.1) is 11.3 Å². The first-order valence-corrected chi connectivity index (χ1v) is 12.2. The highest BCUT2D eigenvalue weighted by molar-refractivity contribution is 7.89. The predicted octanol–water partition coefficient (Wildman–Crippen LogP) is 4.31. The molecule has 0 bridgehead atoms. The van der Waals surface area contributed by atoms with Crippen LogP contribution in [0.2, 0.25) is 0 Å². The Balaban J connectivity index is 1.45. The van der Waals surface area contributed by atoms with Crippen molar-refractivity contribution < 1.29 is 22.3 Å². The van der Waals surface area contributed by atoms with E-state index in [2.05, 4.69) is 9.97 Å². The van der Waals surface area contributed by atoms with Gasteiger partial charge in [-0.1, -0.05) is 12.1 Å². The molecule has 0 atom stereocenters. The van der Waals surface area contributed by atoms with Gasteiger partial charge in [0.05, 0.1) is 23.5 Å². The van der Waals surface area contributed by atoms with Gasteiger partial charge in [-0.05, 0) is 42.0 Å². The van der Waals surface area contributed by atoms with Gasteiger partial charge in [0.1, 0.15) is 22.7 Å². The predicted molar refractivity (Wildman–Crippen MR) is 119 cm³/mol. The van der Waals surface area contributed by atoms with E-state index >= 15 is 0 Å². The molecule has 0 N–H and O–H groups in total. The van der Waals surface area contributed by atoms with E-state index in [1.807, 2.05) is 5.38 Å². The summed E-state index contributed by atoms with van der Waals surface area (Å²) in [6, 6.07) is 12.4. The van der Waals surface area contributed by atoms with Crippen LogP contribution >= 0.6 is 11.3 Å². The maximum atomic E-state index is 13.3. The zero-order valence-corrected chi connectivity index (χ0v) is 18.4. The summed E-state index contributed by atoms with van der Waals surface area (Å²) in [5.41, 5.74) is 1.66. The maximum Gasteiger partial charge on any atom is 0.243 e. The van der Waals surface area contributed by atoms with Gasteiger partial charge in [0.2, 0.25) is 15.9 Å². The Morgan fingerprint density at radius 2 is 1.72 bits per heavy atom. The van der Waals surface area contributed by atoms with Gasteiger partial charge in [0.25, 0.3) is 0 Å². The zero-order chi connectivity index (χ0) is 22.1. The van der Waals surface area contributed by atoms with Crippen molar-refractivity contribution in [3.8, 4) is 22.8 Å². The first kappa shape index (κ1) is 21.0. The summed E-state index contributed by atoms with van der Waals surface area (Å²) < 4.78 is 51.6. The number of rotatable bonds is 5. The summed E-state index contributed by atoms with van der Waals surface area (Å²) in [6.07, 6.45) is 1.42. The van der Waals surface area contributed by atoms with Crippen LogP contribution in [0.4, 0.5) is 4.39 Å². The lowest BCUT2D eigenvalue weighted by molar-refractivity contribution is 0.0730. The fourth-order valence-corrected chi connectivity index (χ4v) is 5.81. The summed E-state index contributed by atoms with van der Waals surface area (Å²) in [4.78, 5) is 9.52. The highest BCUT2D eigenvalue weighted by atomic mass is 32.2. The third-order valence-corrected chi connectivity index (χ3v) is 7.94. The molecule has 32 heavy (non-hydrogen) atoms. The molecule has 1 saturated heterocycles. The van der Waals surface area contributed by atoms with Crippen molar-refractivity contribution in [2.75, 3.05) is 26.3 Å². The van der Waals surface area contributed by atoms with E-state index < -0.39 is 10.0 Å². The molecule has 0 radical (unpaired) electrons. The minimum Gasteiger partial charge on any atom is -0.438 e. The number of morpholine rings is 1. The van der Waals surface area contributed by atoms with E-state index in [4.69, 9.17) is 9.47 Å². The standard InChI is InChI=1S/C22H18FN3O4S2/c23-16-3-1-15(2-4-16)19-13-31-22-20(19)21(24-14-25-22)30-17-5-7-18(8-6-17)32(27,28)26-9-11-29-12-10-26/h1-8,13-14H,9-12H2. The summed E-state index contributed by atoms with van der Waals surface area (Å²) in [6.45, 7) is 1.45. The smallest absolute Gasteiger partial charge is 0.243 e. The van der Waals surface area contributed by atoms with E-state index in [1.54, 1.807) is 24.3 Å². The highest BCUT2D eigenvalue weighted by Gasteiger charge is 2.26. The van der Waals surface area contributed by atoms with Crippen LogP contribution < -0.4 is 4.74 Å². The Hall–Kier alpha value is -2.92.